The number of nitro benzene ring substituents is 1. The Morgan fingerprint density at radius 1 is 1.17 bits per heavy atom. The molecule has 0 saturated heterocycles. The Morgan fingerprint density at radius 2 is 1.87 bits per heavy atom. The van der Waals surface area contributed by atoms with Crippen LogP contribution in [0.2, 0.25) is 0 Å². The summed E-state index contributed by atoms with van der Waals surface area (Å²) in [6.07, 6.45) is 0. The lowest BCUT2D eigenvalue weighted by molar-refractivity contribution is -0.385. The molecule has 23 heavy (non-hydrogen) atoms. The van der Waals surface area contributed by atoms with Crippen molar-refractivity contribution in [2.45, 2.75) is 33.7 Å². The molecule has 1 N–H and O–H groups in total. The standard InChI is InChI=1S/C18H20N2O3/c1-11-8-9-12(2)16(10-11)14(4)19-18(21)15-6-5-7-17(13(15)3)20(22)23/h5-10,14H,1-4H3,(H,19,21)/t14-/m0/s1. The van der Waals surface area contributed by atoms with Gasteiger partial charge < -0.3 is 5.32 Å². The second-order valence-corrected chi connectivity index (χ2v) is 5.76. The largest absolute Gasteiger partial charge is 0.345 e. The van der Waals surface area contributed by atoms with Crippen molar-refractivity contribution in [3.05, 3.63) is 74.3 Å². The fourth-order valence-electron chi connectivity index (χ4n) is 2.65. The maximum absolute atomic E-state index is 12.5. The molecule has 2 aromatic carbocycles. The summed E-state index contributed by atoms with van der Waals surface area (Å²) in [6, 6.07) is 10.4. The molecule has 5 heteroatoms. The Hall–Kier alpha value is -2.69. The van der Waals surface area contributed by atoms with E-state index in [4.69, 9.17) is 0 Å². The number of nitro groups is 1. The molecule has 0 radical (unpaired) electrons. The number of hydrogen-bond acceptors (Lipinski definition) is 3. The summed E-state index contributed by atoms with van der Waals surface area (Å²) in [5, 5.41) is 13.9. The van der Waals surface area contributed by atoms with Crippen LogP contribution in [0.1, 0.15) is 45.6 Å². The number of carbonyl (C=O) groups excluding carboxylic acids is 1. The maximum Gasteiger partial charge on any atom is 0.273 e. The van der Waals surface area contributed by atoms with Crippen LogP contribution in [0.25, 0.3) is 0 Å². The van der Waals surface area contributed by atoms with E-state index in [2.05, 4.69) is 5.32 Å². The third-order valence-corrected chi connectivity index (χ3v) is 4.00. The lowest BCUT2D eigenvalue weighted by atomic mass is 9.99. The first-order valence-electron chi connectivity index (χ1n) is 7.43. The minimum Gasteiger partial charge on any atom is -0.345 e. The van der Waals surface area contributed by atoms with Crippen LogP contribution in [0.4, 0.5) is 5.69 Å². The first-order valence-corrected chi connectivity index (χ1v) is 7.43. The van der Waals surface area contributed by atoms with Gasteiger partial charge in [0.15, 0.2) is 0 Å². The van der Waals surface area contributed by atoms with Gasteiger partial charge in [-0.25, -0.2) is 0 Å². The highest BCUT2D eigenvalue weighted by atomic mass is 16.6. The summed E-state index contributed by atoms with van der Waals surface area (Å²) in [5.74, 6) is -0.306. The minimum atomic E-state index is -0.472. The van der Waals surface area contributed by atoms with Crippen LogP contribution < -0.4 is 5.32 Å². The first-order chi connectivity index (χ1) is 10.8. The number of hydrogen-bond donors (Lipinski definition) is 1. The predicted octanol–water partition coefficient (Wildman–Crippen LogP) is 4.01. The number of amides is 1. The van der Waals surface area contributed by atoms with Gasteiger partial charge in [-0.3, -0.25) is 14.9 Å². The summed E-state index contributed by atoms with van der Waals surface area (Å²) in [4.78, 5) is 23.0. The highest BCUT2D eigenvalue weighted by Gasteiger charge is 2.20. The van der Waals surface area contributed by atoms with Gasteiger partial charge >= 0.3 is 0 Å². The van der Waals surface area contributed by atoms with Crippen molar-refractivity contribution >= 4 is 11.6 Å². The normalized spacial score (nSPS) is 11.8. The average Bonchev–Trinajstić information content (AvgIpc) is 2.49. The summed E-state index contributed by atoms with van der Waals surface area (Å²) >= 11 is 0. The topological polar surface area (TPSA) is 72.2 Å². The van der Waals surface area contributed by atoms with Gasteiger partial charge in [0, 0.05) is 17.2 Å². The van der Waals surface area contributed by atoms with E-state index < -0.39 is 4.92 Å². The van der Waals surface area contributed by atoms with Gasteiger partial charge in [-0.15, -0.1) is 0 Å². The highest BCUT2D eigenvalue weighted by molar-refractivity contribution is 5.96. The highest BCUT2D eigenvalue weighted by Crippen LogP contribution is 2.23. The molecule has 0 aliphatic heterocycles. The maximum atomic E-state index is 12.5. The summed E-state index contributed by atoms with van der Waals surface area (Å²) in [7, 11) is 0. The van der Waals surface area contributed by atoms with E-state index in [1.807, 2.05) is 39.0 Å². The zero-order valence-corrected chi connectivity index (χ0v) is 13.7. The molecule has 0 saturated carbocycles. The quantitative estimate of drug-likeness (QED) is 0.685. The molecule has 0 unspecified atom stereocenters. The fraction of sp³-hybridized carbons (Fsp3) is 0.278. The Kier molecular flexibility index (Phi) is 4.79. The number of aryl methyl sites for hydroxylation is 2. The molecule has 120 valence electrons. The zero-order valence-electron chi connectivity index (χ0n) is 13.7. The van der Waals surface area contributed by atoms with Crippen molar-refractivity contribution in [3.8, 4) is 0 Å². The van der Waals surface area contributed by atoms with Gasteiger partial charge in [0.1, 0.15) is 0 Å². The number of rotatable bonds is 4. The van der Waals surface area contributed by atoms with Gasteiger partial charge in [0.05, 0.1) is 11.0 Å². The van der Waals surface area contributed by atoms with Crippen LogP contribution >= 0.6 is 0 Å². The molecule has 0 fully saturated rings. The van der Waals surface area contributed by atoms with E-state index >= 15 is 0 Å². The van der Waals surface area contributed by atoms with E-state index in [-0.39, 0.29) is 17.6 Å². The summed E-state index contributed by atoms with van der Waals surface area (Å²) < 4.78 is 0. The molecule has 0 spiro atoms. The first kappa shape index (κ1) is 16.7. The molecule has 0 bridgehead atoms. The fourth-order valence-corrected chi connectivity index (χ4v) is 2.65. The van der Waals surface area contributed by atoms with Crippen LogP contribution in [0.15, 0.2) is 36.4 Å². The molecular weight excluding hydrogens is 292 g/mol. The van der Waals surface area contributed by atoms with Crippen molar-refractivity contribution in [2.24, 2.45) is 0 Å². The molecule has 0 heterocycles. The number of carbonyl (C=O) groups is 1. The third-order valence-electron chi connectivity index (χ3n) is 4.00. The van der Waals surface area contributed by atoms with Crippen molar-refractivity contribution in [2.75, 3.05) is 0 Å². The lowest BCUT2D eigenvalue weighted by Crippen LogP contribution is -2.28. The monoisotopic (exact) mass is 312 g/mol. The van der Waals surface area contributed by atoms with Crippen molar-refractivity contribution < 1.29 is 9.72 Å². The van der Waals surface area contributed by atoms with Crippen LogP contribution in [-0.2, 0) is 0 Å². The molecule has 2 aromatic rings. The summed E-state index contributed by atoms with van der Waals surface area (Å²) in [5.41, 5.74) is 3.93. The van der Waals surface area contributed by atoms with E-state index in [9.17, 15) is 14.9 Å². The van der Waals surface area contributed by atoms with Gasteiger partial charge in [0.25, 0.3) is 11.6 Å². The van der Waals surface area contributed by atoms with Crippen molar-refractivity contribution in [3.63, 3.8) is 0 Å². The number of nitrogens with zero attached hydrogens (tertiary/aromatic N) is 1. The predicted molar refractivity (Wildman–Crippen MR) is 89.6 cm³/mol. The molecule has 0 aliphatic rings. The lowest BCUT2D eigenvalue weighted by Gasteiger charge is -2.18. The molecule has 2 rings (SSSR count). The van der Waals surface area contributed by atoms with Crippen LogP contribution in [0.3, 0.4) is 0 Å². The van der Waals surface area contributed by atoms with Crippen molar-refractivity contribution in [1.82, 2.24) is 5.32 Å². The van der Waals surface area contributed by atoms with Crippen LogP contribution in [-0.4, -0.2) is 10.8 Å². The number of nitrogens with one attached hydrogen (secondary N) is 1. The Morgan fingerprint density at radius 3 is 2.52 bits per heavy atom. The van der Waals surface area contributed by atoms with Crippen LogP contribution in [0, 0.1) is 30.9 Å². The summed E-state index contributed by atoms with van der Waals surface area (Å²) in [6.45, 7) is 7.50. The molecular formula is C18H20N2O3. The zero-order chi connectivity index (χ0) is 17.1. The van der Waals surface area contributed by atoms with E-state index in [0.717, 1.165) is 16.7 Å². The molecule has 1 amide bonds. The van der Waals surface area contributed by atoms with E-state index in [1.165, 1.54) is 12.1 Å². The molecule has 0 aromatic heterocycles. The second-order valence-electron chi connectivity index (χ2n) is 5.76. The van der Waals surface area contributed by atoms with Gasteiger partial charge in [0.2, 0.25) is 0 Å². The third kappa shape index (κ3) is 3.56. The molecule has 0 aliphatic carbocycles. The minimum absolute atomic E-state index is 0.0444. The van der Waals surface area contributed by atoms with Gasteiger partial charge in [-0.1, -0.05) is 29.8 Å². The second kappa shape index (κ2) is 6.60. The van der Waals surface area contributed by atoms with Gasteiger partial charge in [-0.05, 0) is 44.9 Å². The van der Waals surface area contributed by atoms with Crippen molar-refractivity contribution in [1.29, 1.82) is 0 Å². The average molecular weight is 312 g/mol. The molecule has 5 nitrogen and oxygen atoms in total. The van der Waals surface area contributed by atoms with Crippen LogP contribution in [0.5, 0.6) is 0 Å². The SMILES string of the molecule is Cc1ccc(C)c([C@H](C)NC(=O)c2cccc([N+](=O)[O-])c2C)c1. The molecule has 1 atom stereocenters. The smallest absolute Gasteiger partial charge is 0.273 e. The Balaban J connectivity index is 2.27. The number of benzene rings is 2. The van der Waals surface area contributed by atoms with Gasteiger partial charge in [-0.2, -0.15) is 0 Å². The Labute approximate surface area is 135 Å². The van der Waals surface area contributed by atoms with E-state index in [0.29, 0.717) is 11.1 Å². The van der Waals surface area contributed by atoms with E-state index in [1.54, 1.807) is 13.0 Å². The Bertz CT molecular complexity index is 769.